The summed E-state index contributed by atoms with van der Waals surface area (Å²) in [6.07, 6.45) is 0. The van der Waals surface area contributed by atoms with Crippen LogP contribution >= 0.6 is 23.4 Å². The highest BCUT2D eigenvalue weighted by atomic mass is 35.5. The molecule has 1 rings (SSSR count). The SMILES string of the molecule is C=C(Sc1ccc(Cl)cc1)C(=O)OC. The average Bonchev–Trinajstić information content (AvgIpc) is 2.20. The number of thioether (sulfide) groups is 1. The number of hydrogen-bond donors (Lipinski definition) is 0. The Hall–Kier alpha value is -0.930. The topological polar surface area (TPSA) is 26.3 Å². The van der Waals surface area contributed by atoms with Crippen molar-refractivity contribution in [1.29, 1.82) is 0 Å². The van der Waals surface area contributed by atoms with E-state index in [0.717, 1.165) is 4.90 Å². The summed E-state index contributed by atoms with van der Waals surface area (Å²) < 4.78 is 4.52. The minimum atomic E-state index is -0.412. The maximum atomic E-state index is 11.0. The first kappa shape index (κ1) is 11.1. The van der Waals surface area contributed by atoms with Crippen LogP contribution in [0.1, 0.15) is 0 Å². The molecule has 0 bridgehead atoms. The van der Waals surface area contributed by atoms with Gasteiger partial charge in [-0.3, -0.25) is 0 Å². The van der Waals surface area contributed by atoms with Crippen LogP contribution in [0.3, 0.4) is 0 Å². The van der Waals surface area contributed by atoms with E-state index >= 15 is 0 Å². The summed E-state index contributed by atoms with van der Waals surface area (Å²) in [7, 11) is 1.33. The second-order valence-corrected chi connectivity index (χ2v) is 4.08. The van der Waals surface area contributed by atoms with Gasteiger partial charge < -0.3 is 4.74 Å². The van der Waals surface area contributed by atoms with Crippen LogP contribution in [0, 0.1) is 0 Å². The first-order valence-electron chi connectivity index (χ1n) is 3.84. The fourth-order valence-corrected chi connectivity index (χ4v) is 1.65. The van der Waals surface area contributed by atoms with Crippen LogP contribution in [0.5, 0.6) is 0 Å². The highest BCUT2D eigenvalue weighted by Crippen LogP contribution is 2.26. The van der Waals surface area contributed by atoms with Crippen molar-refractivity contribution in [3.8, 4) is 0 Å². The Kier molecular flexibility index (Phi) is 4.04. The van der Waals surface area contributed by atoms with Gasteiger partial charge in [0.2, 0.25) is 0 Å². The molecule has 14 heavy (non-hydrogen) atoms. The zero-order valence-electron chi connectivity index (χ0n) is 7.62. The molecule has 0 radical (unpaired) electrons. The van der Waals surface area contributed by atoms with Gasteiger partial charge in [-0.1, -0.05) is 29.9 Å². The van der Waals surface area contributed by atoms with E-state index in [0.29, 0.717) is 9.93 Å². The molecule has 0 aliphatic rings. The molecule has 0 atom stereocenters. The van der Waals surface area contributed by atoms with E-state index in [1.54, 1.807) is 12.1 Å². The van der Waals surface area contributed by atoms with Crippen LogP contribution in [0.25, 0.3) is 0 Å². The van der Waals surface area contributed by atoms with E-state index in [2.05, 4.69) is 11.3 Å². The lowest BCUT2D eigenvalue weighted by Gasteiger charge is -2.02. The molecule has 0 fully saturated rings. The van der Waals surface area contributed by atoms with Gasteiger partial charge in [-0.15, -0.1) is 0 Å². The standard InChI is InChI=1S/C10H9ClO2S/c1-7(10(12)13-2)14-9-5-3-8(11)4-6-9/h3-6H,1H2,2H3. The maximum Gasteiger partial charge on any atom is 0.344 e. The molecule has 0 saturated carbocycles. The summed E-state index contributed by atoms with van der Waals surface area (Å²) in [6, 6.07) is 7.16. The number of halogens is 1. The van der Waals surface area contributed by atoms with Crippen molar-refractivity contribution in [2.75, 3.05) is 7.11 Å². The molecule has 74 valence electrons. The van der Waals surface area contributed by atoms with E-state index in [1.165, 1.54) is 18.9 Å². The molecule has 0 aliphatic carbocycles. The molecule has 1 aromatic rings. The van der Waals surface area contributed by atoms with Gasteiger partial charge in [-0.25, -0.2) is 4.79 Å². The quantitative estimate of drug-likeness (QED) is 0.452. The first-order chi connectivity index (χ1) is 6.63. The Morgan fingerprint density at radius 1 is 1.43 bits per heavy atom. The van der Waals surface area contributed by atoms with Gasteiger partial charge in [0, 0.05) is 9.92 Å². The van der Waals surface area contributed by atoms with Crippen LogP contribution < -0.4 is 0 Å². The lowest BCUT2D eigenvalue weighted by atomic mass is 10.4. The van der Waals surface area contributed by atoms with Crippen molar-refractivity contribution in [1.82, 2.24) is 0 Å². The normalized spacial score (nSPS) is 9.57. The molecule has 0 aliphatic heterocycles. The van der Waals surface area contributed by atoms with Crippen molar-refractivity contribution in [3.63, 3.8) is 0 Å². The predicted octanol–water partition coefficient (Wildman–Crippen LogP) is 3.12. The smallest absolute Gasteiger partial charge is 0.344 e. The Morgan fingerprint density at radius 3 is 2.50 bits per heavy atom. The lowest BCUT2D eigenvalue weighted by molar-refractivity contribution is -0.135. The minimum Gasteiger partial charge on any atom is -0.465 e. The van der Waals surface area contributed by atoms with Crippen molar-refractivity contribution < 1.29 is 9.53 Å². The van der Waals surface area contributed by atoms with E-state index in [9.17, 15) is 4.79 Å². The van der Waals surface area contributed by atoms with E-state index in [-0.39, 0.29) is 0 Å². The fraction of sp³-hybridized carbons (Fsp3) is 0.100. The second-order valence-electron chi connectivity index (χ2n) is 2.47. The molecular weight excluding hydrogens is 220 g/mol. The third-order valence-electron chi connectivity index (χ3n) is 1.47. The van der Waals surface area contributed by atoms with Crippen LogP contribution in [-0.2, 0) is 9.53 Å². The second kappa shape index (κ2) is 5.08. The molecule has 1 aromatic carbocycles. The largest absolute Gasteiger partial charge is 0.465 e. The van der Waals surface area contributed by atoms with Crippen molar-refractivity contribution in [2.24, 2.45) is 0 Å². The number of hydrogen-bond acceptors (Lipinski definition) is 3. The van der Waals surface area contributed by atoms with E-state index < -0.39 is 5.97 Å². The Bertz CT molecular complexity index is 346. The third kappa shape index (κ3) is 3.09. The molecule has 0 amide bonds. The lowest BCUT2D eigenvalue weighted by Crippen LogP contribution is -1.99. The molecular formula is C10H9ClO2S. The van der Waals surface area contributed by atoms with Crippen molar-refractivity contribution in [3.05, 3.63) is 40.8 Å². The molecule has 0 spiro atoms. The van der Waals surface area contributed by atoms with Gasteiger partial charge in [0.05, 0.1) is 12.0 Å². The molecule has 0 heterocycles. The fourth-order valence-electron chi connectivity index (χ4n) is 0.800. The highest BCUT2D eigenvalue weighted by Gasteiger charge is 2.07. The van der Waals surface area contributed by atoms with Crippen LogP contribution in [-0.4, -0.2) is 13.1 Å². The number of carbonyl (C=O) groups is 1. The zero-order valence-corrected chi connectivity index (χ0v) is 9.19. The van der Waals surface area contributed by atoms with Gasteiger partial charge in [-0.2, -0.15) is 0 Å². The number of esters is 1. The van der Waals surface area contributed by atoms with Gasteiger partial charge >= 0.3 is 5.97 Å². The average molecular weight is 229 g/mol. The molecule has 2 nitrogen and oxygen atoms in total. The molecule has 0 saturated heterocycles. The summed E-state index contributed by atoms with van der Waals surface area (Å²) in [5.74, 6) is -0.412. The molecule has 0 aromatic heterocycles. The zero-order chi connectivity index (χ0) is 10.6. The summed E-state index contributed by atoms with van der Waals surface area (Å²) in [4.78, 5) is 12.3. The molecule has 4 heteroatoms. The molecule has 0 unspecified atom stereocenters. The van der Waals surface area contributed by atoms with Gasteiger partial charge in [-0.05, 0) is 24.3 Å². The summed E-state index contributed by atoms with van der Waals surface area (Å²) in [6.45, 7) is 3.60. The number of rotatable bonds is 3. The van der Waals surface area contributed by atoms with E-state index in [1.807, 2.05) is 12.1 Å². The number of carbonyl (C=O) groups excluding carboxylic acids is 1. The van der Waals surface area contributed by atoms with Gasteiger partial charge in [0.15, 0.2) is 0 Å². The monoisotopic (exact) mass is 228 g/mol. The number of benzene rings is 1. The van der Waals surface area contributed by atoms with Gasteiger partial charge in [0.1, 0.15) is 0 Å². The number of ether oxygens (including phenoxy) is 1. The Morgan fingerprint density at radius 2 is 2.00 bits per heavy atom. The third-order valence-corrected chi connectivity index (χ3v) is 2.64. The van der Waals surface area contributed by atoms with Crippen molar-refractivity contribution >= 4 is 29.3 Å². The first-order valence-corrected chi connectivity index (χ1v) is 5.03. The highest BCUT2D eigenvalue weighted by molar-refractivity contribution is 8.04. The summed E-state index contributed by atoms with van der Waals surface area (Å²) in [5.41, 5.74) is 0. The Labute approximate surface area is 91.9 Å². The minimum absolute atomic E-state index is 0.356. The van der Waals surface area contributed by atoms with Crippen LogP contribution in [0.4, 0.5) is 0 Å². The van der Waals surface area contributed by atoms with Crippen molar-refractivity contribution in [2.45, 2.75) is 4.90 Å². The molecule has 0 N–H and O–H groups in total. The van der Waals surface area contributed by atoms with Gasteiger partial charge in [0.25, 0.3) is 0 Å². The summed E-state index contributed by atoms with van der Waals surface area (Å²) >= 11 is 6.97. The maximum absolute atomic E-state index is 11.0. The predicted molar refractivity (Wildman–Crippen MR) is 58.5 cm³/mol. The Balaban J connectivity index is 2.65. The van der Waals surface area contributed by atoms with Crippen LogP contribution in [0.2, 0.25) is 5.02 Å². The number of methoxy groups -OCH3 is 1. The summed E-state index contributed by atoms with van der Waals surface area (Å²) in [5, 5.41) is 0.665. The van der Waals surface area contributed by atoms with Crippen LogP contribution in [0.15, 0.2) is 40.6 Å². The van der Waals surface area contributed by atoms with E-state index in [4.69, 9.17) is 11.6 Å².